The monoisotopic (exact) mass is 449 g/mol. The number of hydrogen-bond acceptors (Lipinski definition) is 8. The second kappa shape index (κ2) is 9.52. The molecule has 1 aliphatic heterocycles. The Balaban J connectivity index is 1.57. The summed E-state index contributed by atoms with van der Waals surface area (Å²) in [5.41, 5.74) is 3.41. The van der Waals surface area contributed by atoms with Crippen LogP contribution in [0.5, 0.6) is 0 Å². The number of thiazole rings is 1. The summed E-state index contributed by atoms with van der Waals surface area (Å²) in [6.45, 7) is 8.43. The molecule has 9 heteroatoms. The Bertz CT molecular complexity index is 1140. The minimum atomic E-state index is -0.168. The molecule has 0 spiro atoms. The Hall–Kier alpha value is -3.20. The zero-order chi connectivity index (χ0) is 22.7. The summed E-state index contributed by atoms with van der Waals surface area (Å²) in [5, 5.41) is 6.13. The minimum Gasteiger partial charge on any atom is -0.329 e. The van der Waals surface area contributed by atoms with E-state index in [9.17, 15) is 4.79 Å². The zero-order valence-corrected chi connectivity index (χ0v) is 19.6. The lowest BCUT2D eigenvalue weighted by Crippen LogP contribution is -2.38. The largest absolute Gasteiger partial charge is 0.329 e. The zero-order valence-electron chi connectivity index (χ0n) is 18.8. The van der Waals surface area contributed by atoms with Gasteiger partial charge in [-0.2, -0.15) is 0 Å². The number of rotatable bonds is 5. The fourth-order valence-corrected chi connectivity index (χ4v) is 4.45. The molecule has 3 aromatic heterocycles. The molecule has 0 radical (unpaired) electrons. The molecule has 1 amide bonds. The van der Waals surface area contributed by atoms with Crippen LogP contribution in [0.4, 0.5) is 11.8 Å². The lowest BCUT2D eigenvalue weighted by molar-refractivity contribution is -0.129. The van der Waals surface area contributed by atoms with Crippen LogP contribution in [-0.4, -0.2) is 42.3 Å². The number of piperidine rings is 1. The van der Waals surface area contributed by atoms with E-state index in [-0.39, 0.29) is 11.9 Å². The minimum absolute atomic E-state index is 0.0439. The van der Waals surface area contributed by atoms with Crippen molar-refractivity contribution in [2.24, 2.45) is 0 Å². The van der Waals surface area contributed by atoms with Crippen LogP contribution in [0.1, 0.15) is 58.9 Å². The summed E-state index contributed by atoms with van der Waals surface area (Å²) in [7, 11) is 0. The number of aryl methyl sites for hydroxylation is 4. The van der Waals surface area contributed by atoms with Crippen molar-refractivity contribution >= 4 is 35.1 Å². The van der Waals surface area contributed by atoms with Crippen LogP contribution in [0.2, 0.25) is 0 Å². The fourth-order valence-electron chi connectivity index (χ4n) is 3.87. The average Bonchev–Trinajstić information content (AvgIpc) is 3.16. The van der Waals surface area contributed by atoms with Gasteiger partial charge in [-0.15, -0.1) is 11.3 Å². The van der Waals surface area contributed by atoms with Gasteiger partial charge in [0.1, 0.15) is 5.82 Å². The molecule has 1 atom stereocenters. The van der Waals surface area contributed by atoms with Crippen molar-refractivity contribution in [2.45, 2.75) is 53.0 Å². The van der Waals surface area contributed by atoms with Crippen molar-refractivity contribution in [2.75, 3.05) is 11.9 Å². The topological polar surface area (TPSA) is 96.8 Å². The standard InChI is InChI=1S/C23H27N7OS/c1-14-11-15(2)26-23(25-14)29-20-12-16(3)24-22(28-20)19-7-5-6-10-30(19)21(31)9-8-18-13-32-17(4)27-18/h8-9,11-13,19H,5-7,10H2,1-4H3,(H,24,25,26,28,29)/b9-8+/t19-/m1/s1. The SMILES string of the molecule is Cc1cc(C)nc(Nc2cc(C)nc([C@H]3CCCCN3C(=O)/C=C/c3csc(C)n3)n2)n1. The molecule has 1 N–H and O–H groups in total. The van der Waals surface area contributed by atoms with E-state index in [4.69, 9.17) is 4.98 Å². The number of carbonyl (C=O) groups excluding carboxylic acids is 1. The van der Waals surface area contributed by atoms with E-state index in [0.29, 0.717) is 24.1 Å². The summed E-state index contributed by atoms with van der Waals surface area (Å²) in [4.78, 5) is 37.6. The third kappa shape index (κ3) is 5.34. The van der Waals surface area contributed by atoms with E-state index in [0.717, 1.165) is 47.0 Å². The van der Waals surface area contributed by atoms with Crippen molar-refractivity contribution in [3.63, 3.8) is 0 Å². The third-order valence-corrected chi connectivity index (χ3v) is 6.00. The van der Waals surface area contributed by atoms with Gasteiger partial charge in [0.15, 0.2) is 5.82 Å². The second-order valence-corrected chi connectivity index (χ2v) is 9.08. The quantitative estimate of drug-likeness (QED) is 0.574. The molecule has 4 heterocycles. The number of amides is 1. The summed E-state index contributed by atoms with van der Waals surface area (Å²) in [5.74, 6) is 1.73. The van der Waals surface area contributed by atoms with Crippen LogP contribution in [0.25, 0.3) is 6.08 Å². The molecule has 0 unspecified atom stereocenters. The molecule has 4 rings (SSSR count). The highest BCUT2D eigenvalue weighted by molar-refractivity contribution is 7.09. The maximum absolute atomic E-state index is 13.0. The molecule has 0 bridgehead atoms. The summed E-state index contributed by atoms with van der Waals surface area (Å²) >= 11 is 1.57. The number of likely N-dealkylation sites (tertiary alicyclic amines) is 1. The second-order valence-electron chi connectivity index (χ2n) is 8.02. The predicted molar refractivity (Wildman–Crippen MR) is 126 cm³/mol. The van der Waals surface area contributed by atoms with E-state index in [1.165, 1.54) is 0 Å². The highest BCUT2D eigenvalue weighted by Gasteiger charge is 2.29. The number of nitrogens with one attached hydrogen (secondary N) is 1. The highest BCUT2D eigenvalue weighted by Crippen LogP contribution is 2.30. The van der Waals surface area contributed by atoms with Gasteiger partial charge in [-0.3, -0.25) is 4.79 Å². The summed E-state index contributed by atoms with van der Waals surface area (Å²) in [6.07, 6.45) is 6.21. The lowest BCUT2D eigenvalue weighted by atomic mass is 10.0. The van der Waals surface area contributed by atoms with Crippen LogP contribution in [0, 0.1) is 27.7 Å². The number of hydrogen-bond donors (Lipinski definition) is 1. The maximum atomic E-state index is 13.0. The van der Waals surface area contributed by atoms with Gasteiger partial charge in [0.2, 0.25) is 11.9 Å². The van der Waals surface area contributed by atoms with Crippen molar-refractivity contribution in [1.29, 1.82) is 0 Å². The first kappa shape index (κ1) is 22.0. The van der Waals surface area contributed by atoms with E-state index in [1.807, 2.05) is 50.1 Å². The maximum Gasteiger partial charge on any atom is 0.247 e. The molecule has 0 aliphatic carbocycles. The highest BCUT2D eigenvalue weighted by atomic mass is 32.1. The molecular formula is C23H27N7OS. The number of aromatic nitrogens is 5. The van der Waals surface area contributed by atoms with Gasteiger partial charge in [-0.1, -0.05) is 0 Å². The van der Waals surface area contributed by atoms with Gasteiger partial charge in [0.05, 0.1) is 16.7 Å². The molecular weight excluding hydrogens is 422 g/mol. The molecule has 1 aliphatic rings. The van der Waals surface area contributed by atoms with E-state index in [2.05, 4.69) is 25.3 Å². The van der Waals surface area contributed by atoms with Crippen LogP contribution in [0.3, 0.4) is 0 Å². The van der Waals surface area contributed by atoms with Crippen molar-refractivity contribution < 1.29 is 4.79 Å². The Kier molecular flexibility index (Phi) is 6.55. The van der Waals surface area contributed by atoms with Gasteiger partial charge < -0.3 is 10.2 Å². The number of carbonyl (C=O) groups is 1. The Morgan fingerprint density at radius 1 is 1.03 bits per heavy atom. The van der Waals surface area contributed by atoms with Gasteiger partial charge in [0.25, 0.3) is 0 Å². The summed E-state index contributed by atoms with van der Waals surface area (Å²) < 4.78 is 0. The van der Waals surface area contributed by atoms with Gasteiger partial charge >= 0.3 is 0 Å². The molecule has 1 fully saturated rings. The van der Waals surface area contributed by atoms with Gasteiger partial charge in [-0.05, 0) is 59.1 Å². The first-order valence-electron chi connectivity index (χ1n) is 10.7. The Morgan fingerprint density at radius 3 is 2.50 bits per heavy atom. The number of nitrogens with zero attached hydrogens (tertiary/aromatic N) is 6. The fraction of sp³-hybridized carbons (Fsp3) is 0.391. The normalized spacial score (nSPS) is 16.5. The van der Waals surface area contributed by atoms with Crippen LogP contribution in [-0.2, 0) is 4.79 Å². The van der Waals surface area contributed by atoms with E-state index < -0.39 is 0 Å². The molecule has 166 valence electrons. The number of anilines is 2. The smallest absolute Gasteiger partial charge is 0.247 e. The van der Waals surface area contributed by atoms with E-state index in [1.54, 1.807) is 23.5 Å². The molecule has 0 aromatic carbocycles. The summed E-state index contributed by atoms with van der Waals surface area (Å²) in [6, 6.07) is 3.62. The van der Waals surface area contributed by atoms with Crippen LogP contribution < -0.4 is 5.32 Å². The van der Waals surface area contributed by atoms with Gasteiger partial charge in [0, 0.05) is 41.1 Å². The molecule has 1 saturated heterocycles. The van der Waals surface area contributed by atoms with Gasteiger partial charge in [-0.25, -0.2) is 24.9 Å². The molecule has 32 heavy (non-hydrogen) atoms. The molecule has 0 saturated carbocycles. The van der Waals surface area contributed by atoms with Crippen LogP contribution in [0.15, 0.2) is 23.6 Å². The van der Waals surface area contributed by atoms with Crippen LogP contribution >= 0.6 is 11.3 Å². The first-order chi connectivity index (χ1) is 15.4. The van der Waals surface area contributed by atoms with Crippen molar-refractivity contribution in [3.05, 3.63) is 57.2 Å². The predicted octanol–water partition coefficient (Wildman–Crippen LogP) is 4.47. The van der Waals surface area contributed by atoms with Crippen molar-refractivity contribution in [1.82, 2.24) is 29.8 Å². The van der Waals surface area contributed by atoms with E-state index >= 15 is 0 Å². The third-order valence-electron chi connectivity index (χ3n) is 5.21. The lowest BCUT2D eigenvalue weighted by Gasteiger charge is -2.34. The Morgan fingerprint density at radius 2 is 1.78 bits per heavy atom. The average molecular weight is 450 g/mol. The molecule has 3 aromatic rings. The Labute approximate surface area is 191 Å². The molecule has 8 nitrogen and oxygen atoms in total. The van der Waals surface area contributed by atoms with Crippen molar-refractivity contribution in [3.8, 4) is 0 Å². The first-order valence-corrected chi connectivity index (χ1v) is 11.6.